The minimum atomic E-state index is -0.497. The van der Waals surface area contributed by atoms with Crippen molar-refractivity contribution in [2.24, 2.45) is 0 Å². The van der Waals surface area contributed by atoms with E-state index in [1.807, 2.05) is 31.2 Å². The fourth-order valence-electron chi connectivity index (χ4n) is 1.32. The van der Waals surface area contributed by atoms with E-state index in [0.717, 1.165) is 11.1 Å². The summed E-state index contributed by atoms with van der Waals surface area (Å²) in [6, 6.07) is 9.26. The van der Waals surface area contributed by atoms with Gasteiger partial charge in [-0.2, -0.15) is 5.26 Å². The first-order valence-corrected chi connectivity index (χ1v) is 4.76. The second-order valence-electron chi connectivity index (χ2n) is 3.57. The van der Waals surface area contributed by atoms with Crippen LogP contribution < -0.4 is 0 Å². The van der Waals surface area contributed by atoms with Gasteiger partial charge in [0.1, 0.15) is 6.04 Å². The molecule has 0 aliphatic rings. The molecule has 0 heterocycles. The summed E-state index contributed by atoms with van der Waals surface area (Å²) in [5.41, 5.74) is 1.99. The van der Waals surface area contributed by atoms with Crippen LogP contribution in [0.3, 0.4) is 0 Å². The lowest BCUT2D eigenvalue weighted by Crippen LogP contribution is -2.28. The Hall–Kier alpha value is -1.82. The maximum absolute atomic E-state index is 11.2. The van der Waals surface area contributed by atoms with E-state index < -0.39 is 6.04 Å². The van der Waals surface area contributed by atoms with Crippen LogP contribution in [-0.4, -0.2) is 17.9 Å². The maximum Gasteiger partial charge on any atom is 0.220 e. The van der Waals surface area contributed by atoms with Gasteiger partial charge in [0.15, 0.2) is 0 Å². The van der Waals surface area contributed by atoms with E-state index in [1.54, 1.807) is 7.05 Å². The molecular formula is C12H14N2O. The Morgan fingerprint density at radius 1 is 1.40 bits per heavy atom. The molecule has 0 fully saturated rings. The van der Waals surface area contributed by atoms with Gasteiger partial charge in [0.05, 0.1) is 6.07 Å². The zero-order chi connectivity index (χ0) is 11.4. The Morgan fingerprint density at radius 3 is 2.33 bits per heavy atom. The van der Waals surface area contributed by atoms with Crippen molar-refractivity contribution in [2.45, 2.75) is 19.9 Å². The number of carbonyl (C=O) groups excluding carboxylic acids is 1. The van der Waals surface area contributed by atoms with Crippen molar-refractivity contribution in [3.05, 3.63) is 35.4 Å². The number of hydrogen-bond acceptors (Lipinski definition) is 2. The van der Waals surface area contributed by atoms with E-state index >= 15 is 0 Å². The summed E-state index contributed by atoms with van der Waals surface area (Å²) in [6.45, 7) is 3.44. The molecule has 3 heteroatoms. The minimum absolute atomic E-state index is 0.109. The number of aryl methyl sites for hydroxylation is 1. The molecule has 0 spiro atoms. The first-order chi connectivity index (χ1) is 7.06. The van der Waals surface area contributed by atoms with E-state index in [9.17, 15) is 4.79 Å². The molecule has 3 nitrogen and oxygen atoms in total. The van der Waals surface area contributed by atoms with E-state index in [0.29, 0.717) is 0 Å². The molecular weight excluding hydrogens is 188 g/mol. The van der Waals surface area contributed by atoms with Crippen LogP contribution in [0.25, 0.3) is 0 Å². The normalized spacial score (nSPS) is 11.6. The van der Waals surface area contributed by atoms with Gasteiger partial charge in [-0.25, -0.2) is 0 Å². The van der Waals surface area contributed by atoms with Crippen molar-refractivity contribution in [2.75, 3.05) is 7.05 Å². The third-order valence-electron chi connectivity index (χ3n) is 2.40. The van der Waals surface area contributed by atoms with Gasteiger partial charge in [0.25, 0.3) is 0 Å². The number of rotatable bonds is 2. The molecule has 0 aliphatic carbocycles. The molecule has 0 saturated carbocycles. The van der Waals surface area contributed by atoms with Gasteiger partial charge < -0.3 is 4.90 Å². The molecule has 1 aromatic carbocycles. The first kappa shape index (κ1) is 11.3. The predicted molar refractivity (Wildman–Crippen MR) is 58.0 cm³/mol. The highest BCUT2D eigenvalue weighted by Crippen LogP contribution is 2.18. The third-order valence-corrected chi connectivity index (χ3v) is 2.40. The van der Waals surface area contributed by atoms with Crippen LogP contribution >= 0.6 is 0 Å². The fourth-order valence-corrected chi connectivity index (χ4v) is 1.32. The summed E-state index contributed by atoms with van der Waals surface area (Å²) in [5, 5.41) is 9.02. The molecule has 0 bridgehead atoms. The molecule has 0 radical (unpaired) electrons. The molecule has 1 aromatic rings. The summed E-state index contributed by atoms with van der Waals surface area (Å²) in [6.07, 6.45) is 0. The van der Waals surface area contributed by atoms with Crippen molar-refractivity contribution >= 4 is 5.91 Å². The molecule has 0 N–H and O–H groups in total. The second kappa shape index (κ2) is 4.61. The lowest BCUT2D eigenvalue weighted by Gasteiger charge is -2.21. The lowest BCUT2D eigenvalue weighted by molar-refractivity contribution is -0.128. The topological polar surface area (TPSA) is 44.1 Å². The Labute approximate surface area is 89.9 Å². The molecule has 1 atom stereocenters. The van der Waals surface area contributed by atoms with E-state index in [4.69, 9.17) is 5.26 Å². The monoisotopic (exact) mass is 202 g/mol. The van der Waals surface area contributed by atoms with Gasteiger partial charge in [0, 0.05) is 14.0 Å². The summed E-state index contributed by atoms with van der Waals surface area (Å²) in [7, 11) is 1.63. The first-order valence-electron chi connectivity index (χ1n) is 4.76. The number of nitrogens with zero attached hydrogens (tertiary/aromatic N) is 2. The van der Waals surface area contributed by atoms with Gasteiger partial charge >= 0.3 is 0 Å². The molecule has 0 saturated heterocycles. The van der Waals surface area contributed by atoms with Crippen LogP contribution in [0.4, 0.5) is 0 Å². The van der Waals surface area contributed by atoms with Gasteiger partial charge in [-0.05, 0) is 12.5 Å². The van der Waals surface area contributed by atoms with Crippen LogP contribution in [-0.2, 0) is 4.79 Å². The SMILES string of the molecule is CC(=O)N(C)C(C#N)c1ccc(C)cc1. The average Bonchev–Trinajstić information content (AvgIpc) is 2.21. The van der Waals surface area contributed by atoms with Crippen LogP contribution in [0, 0.1) is 18.3 Å². The highest BCUT2D eigenvalue weighted by molar-refractivity contribution is 5.73. The van der Waals surface area contributed by atoms with Crippen molar-refractivity contribution in [1.29, 1.82) is 5.26 Å². The summed E-state index contributed by atoms with van der Waals surface area (Å²) >= 11 is 0. The smallest absolute Gasteiger partial charge is 0.220 e. The Balaban J connectivity index is 2.99. The molecule has 0 aliphatic heterocycles. The highest BCUT2D eigenvalue weighted by atomic mass is 16.2. The van der Waals surface area contributed by atoms with Crippen molar-refractivity contribution < 1.29 is 4.79 Å². The Morgan fingerprint density at radius 2 is 1.93 bits per heavy atom. The molecule has 0 aromatic heterocycles. The number of carbonyl (C=O) groups is 1. The number of amides is 1. The van der Waals surface area contributed by atoms with Crippen molar-refractivity contribution in [3.63, 3.8) is 0 Å². The third kappa shape index (κ3) is 2.57. The molecule has 1 unspecified atom stereocenters. The molecule has 1 rings (SSSR count). The highest BCUT2D eigenvalue weighted by Gasteiger charge is 2.17. The predicted octanol–water partition coefficient (Wildman–Crippen LogP) is 2.04. The Kier molecular flexibility index (Phi) is 3.46. The van der Waals surface area contributed by atoms with Crippen LogP contribution in [0.2, 0.25) is 0 Å². The molecule has 1 amide bonds. The van der Waals surface area contributed by atoms with Gasteiger partial charge in [-0.1, -0.05) is 29.8 Å². The van der Waals surface area contributed by atoms with Gasteiger partial charge in [-0.3, -0.25) is 4.79 Å². The van der Waals surface area contributed by atoms with E-state index in [-0.39, 0.29) is 5.91 Å². The second-order valence-corrected chi connectivity index (χ2v) is 3.57. The standard InChI is InChI=1S/C12H14N2O/c1-9-4-6-11(7-5-9)12(8-13)14(3)10(2)15/h4-7,12H,1-3H3. The van der Waals surface area contributed by atoms with Gasteiger partial charge in [-0.15, -0.1) is 0 Å². The van der Waals surface area contributed by atoms with Crippen LogP contribution in [0.15, 0.2) is 24.3 Å². The number of hydrogen-bond donors (Lipinski definition) is 0. The van der Waals surface area contributed by atoms with Crippen molar-refractivity contribution in [1.82, 2.24) is 4.90 Å². The fraction of sp³-hybridized carbons (Fsp3) is 0.333. The van der Waals surface area contributed by atoms with E-state index in [2.05, 4.69) is 6.07 Å². The summed E-state index contributed by atoms with van der Waals surface area (Å²) in [4.78, 5) is 12.6. The summed E-state index contributed by atoms with van der Waals surface area (Å²) in [5.74, 6) is -0.109. The largest absolute Gasteiger partial charge is 0.326 e. The summed E-state index contributed by atoms with van der Waals surface area (Å²) < 4.78 is 0. The van der Waals surface area contributed by atoms with E-state index in [1.165, 1.54) is 11.8 Å². The number of nitriles is 1. The van der Waals surface area contributed by atoms with Gasteiger partial charge in [0.2, 0.25) is 5.91 Å². The average molecular weight is 202 g/mol. The minimum Gasteiger partial charge on any atom is -0.326 e. The zero-order valence-electron chi connectivity index (χ0n) is 9.19. The van der Waals surface area contributed by atoms with Crippen LogP contribution in [0.1, 0.15) is 24.1 Å². The molecule has 78 valence electrons. The lowest BCUT2D eigenvalue weighted by atomic mass is 10.1. The Bertz CT molecular complexity index is 389. The maximum atomic E-state index is 11.2. The quantitative estimate of drug-likeness (QED) is 0.736. The van der Waals surface area contributed by atoms with Crippen molar-refractivity contribution in [3.8, 4) is 6.07 Å². The zero-order valence-corrected chi connectivity index (χ0v) is 9.19. The number of benzene rings is 1. The van der Waals surface area contributed by atoms with Crippen LogP contribution in [0.5, 0.6) is 0 Å². The molecule has 15 heavy (non-hydrogen) atoms.